The predicted octanol–water partition coefficient (Wildman–Crippen LogP) is 3.46. The molecule has 30 heavy (non-hydrogen) atoms. The maximum absolute atomic E-state index is 13.6. The van der Waals surface area contributed by atoms with Crippen LogP contribution in [-0.2, 0) is 10.0 Å². The molecule has 19 heteroatoms. The third-order valence-electron chi connectivity index (χ3n) is 3.42. The predicted molar refractivity (Wildman–Crippen MR) is 71.1 cm³/mol. The Morgan fingerprint density at radius 3 is 1.43 bits per heavy atom. The summed E-state index contributed by atoms with van der Waals surface area (Å²) >= 11 is 0. The van der Waals surface area contributed by atoms with Gasteiger partial charge in [-0.2, -0.15) is 61.7 Å². The van der Waals surface area contributed by atoms with Crippen LogP contribution in [0.1, 0.15) is 6.42 Å². The molecule has 0 aliphatic carbocycles. The topological polar surface area (TPSA) is 66.4 Å². The molecule has 0 saturated carbocycles. The van der Waals surface area contributed by atoms with E-state index in [1.807, 2.05) is 0 Å². The van der Waals surface area contributed by atoms with Crippen molar-refractivity contribution in [3.63, 3.8) is 0 Å². The van der Waals surface area contributed by atoms with E-state index in [0.717, 1.165) is 14.1 Å². The van der Waals surface area contributed by atoms with Gasteiger partial charge in [0.05, 0.1) is 14.1 Å². The van der Waals surface area contributed by atoms with E-state index >= 15 is 0 Å². The van der Waals surface area contributed by atoms with Gasteiger partial charge >= 0.3 is 35.1 Å². The summed E-state index contributed by atoms with van der Waals surface area (Å²) in [5.74, 6) is -32.2. The molecule has 0 radical (unpaired) electrons. The van der Waals surface area contributed by atoms with Crippen LogP contribution >= 0.6 is 0 Å². The molecule has 0 unspecified atom stereocenters. The average molecular weight is 501 g/mol. The molecule has 0 saturated heterocycles. The molecule has 5 nitrogen and oxygen atoms in total. The fraction of sp³-hybridized carbons (Fsp3) is 1.00. The van der Waals surface area contributed by atoms with Gasteiger partial charge in [-0.3, -0.25) is 0 Å². The van der Waals surface area contributed by atoms with Crippen LogP contribution in [0.15, 0.2) is 0 Å². The molecule has 0 aliphatic heterocycles. The number of hydrogen-bond acceptors (Lipinski definition) is 3. The zero-order chi connectivity index (χ0) is 24.8. The van der Waals surface area contributed by atoms with Crippen LogP contribution in [0.5, 0.6) is 0 Å². The van der Waals surface area contributed by atoms with Gasteiger partial charge in [0.2, 0.25) is 0 Å². The van der Waals surface area contributed by atoms with Gasteiger partial charge in [-0.05, 0) is 0 Å². The van der Waals surface area contributed by atoms with Crippen LogP contribution in [0.2, 0.25) is 0 Å². The van der Waals surface area contributed by atoms with Crippen molar-refractivity contribution in [3.8, 4) is 0 Å². The Bertz CT molecular complexity index is 713. The first kappa shape index (κ1) is 28.9. The molecule has 0 rings (SSSR count). The van der Waals surface area contributed by atoms with Gasteiger partial charge in [0, 0.05) is 13.0 Å². The zero-order valence-corrected chi connectivity index (χ0v) is 15.5. The number of rotatable bonds is 10. The van der Waals surface area contributed by atoms with E-state index in [2.05, 4.69) is 0 Å². The molecule has 0 amide bonds. The quantitative estimate of drug-likeness (QED) is 0.209. The van der Waals surface area contributed by atoms with Gasteiger partial charge in [0.15, 0.2) is 0 Å². The third-order valence-corrected chi connectivity index (χ3v) is 4.93. The summed E-state index contributed by atoms with van der Waals surface area (Å²) in [6.45, 7) is -1.69. The molecule has 0 heterocycles. The standard InChI is InChI=1S/C11H14F13N2O3S/c1-26(2,27)5-3-4-25-30(28,29)11(23,24)9(18,19)7(14,15)6(12,13)8(16,17)10(20,21)22/h25,27H,3-5H2,1-2H3/q+1. The average Bonchev–Trinajstić information content (AvgIpc) is 2.48. The van der Waals surface area contributed by atoms with Gasteiger partial charge in [-0.1, -0.05) is 0 Å². The Balaban J connectivity index is 6.06. The molecule has 0 atom stereocenters. The van der Waals surface area contributed by atoms with Gasteiger partial charge in [0.1, 0.15) is 6.54 Å². The lowest BCUT2D eigenvalue weighted by Crippen LogP contribution is -2.71. The van der Waals surface area contributed by atoms with Crippen LogP contribution in [0, 0.1) is 0 Å². The molecular weight excluding hydrogens is 487 g/mol. The van der Waals surface area contributed by atoms with E-state index in [-0.39, 0.29) is 0 Å². The van der Waals surface area contributed by atoms with Crippen LogP contribution in [0.4, 0.5) is 57.1 Å². The number of nitrogens with one attached hydrogen (secondary N) is 1. The Hall–Kier alpha value is -1.08. The lowest BCUT2D eigenvalue weighted by atomic mass is 9.98. The normalized spacial score (nSPS) is 16.1. The molecule has 182 valence electrons. The van der Waals surface area contributed by atoms with E-state index in [1.165, 1.54) is 0 Å². The maximum Gasteiger partial charge on any atom is 0.460 e. The first-order valence-electron chi connectivity index (χ1n) is 7.21. The number of sulfonamides is 1. The summed E-state index contributed by atoms with van der Waals surface area (Å²) in [6.07, 6.45) is -8.19. The second-order valence-corrected chi connectivity index (χ2v) is 8.22. The first-order chi connectivity index (χ1) is 12.7. The monoisotopic (exact) mass is 501 g/mol. The number of hydrogen-bond donors (Lipinski definition) is 2. The van der Waals surface area contributed by atoms with Gasteiger partial charge in [-0.15, -0.1) is 0 Å². The maximum atomic E-state index is 13.6. The molecule has 0 aromatic carbocycles. The van der Waals surface area contributed by atoms with E-state index in [1.54, 1.807) is 0 Å². The molecular formula is C11H14F13N2O3S+. The lowest BCUT2D eigenvalue weighted by molar-refractivity contribution is -1.07. The molecule has 0 fully saturated rings. The Kier molecular flexibility index (Phi) is 7.52. The van der Waals surface area contributed by atoms with Crippen molar-refractivity contribution in [2.45, 2.75) is 41.5 Å². The summed E-state index contributed by atoms with van der Waals surface area (Å²) in [6, 6.07) is 0. The Morgan fingerprint density at radius 2 is 1.10 bits per heavy atom. The minimum Gasteiger partial charge on any atom is -0.217 e. The van der Waals surface area contributed by atoms with Crippen molar-refractivity contribution < 1.29 is 75.3 Å². The second kappa shape index (κ2) is 7.80. The summed E-state index contributed by atoms with van der Waals surface area (Å²) in [4.78, 5) is 0. The van der Waals surface area contributed by atoms with Crippen molar-refractivity contribution >= 4 is 10.0 Å². The van der Waals surface area contributed by atoms with E-state index in [0.29, 0.717) is 4.72 Å². The molecule has 2 N–H and O–H groups in total. The SMILES string of the molecule is C[N+](C)(O)CCCNS(=O)(=O)C(F)(F)C(F)(F)C(F)(F)C(F)(F)C(F)(F)C(F)(F)F. The first-order valence-corrected chi connectivity index (χ1v) is 8.70. The highest BCUT2D eigenvalue weighted by molar-refractivity contribution is 7.90. The van der Waals surface area contributed by atoms with Crippen molar-refractivity contribution in [3.05, 3.63) is 0 Å². The van der Waals surface area contributed by atoms with Crippen molar-refractivity contribution in [2.75, 3.05) is 27.2 Å². The van der Waals surface area contributed by atoms with Crippen molar-refractivity contribution in [1.29, 1.82) is 0 Å². The summed E-state index contributed by atoms with van der Waals surface area (Å²) in [7, 11) is -4.88. The summed E-state index contributed by atoms with van der Waals surface area (Å²) in [5.41, 5.74) is 0. The molecule has 0 aromatic rings. The number of hydroxylamine groups is 3. The highest BCUT2D eigenvalue weighted by Crippen LogP contribution is 2.60. The molecule has 0 bridgehead atoms. The van der Waals surface area contributed by atoms with E-state index in [4.69, 9.17) is 0 Å². The fourth-order valence-electron chi connectivity index (χ4n) is 1.69. The van der Waals surface area contributed by atoms with Crippen molar-refractivity contribution in [1.82, 2.24) is 4.72 Å². The number of halogens is 13. The lowest BCUT2D eigenvalue weighted by Gasteiger charge is -2.39. The van der Waals surface area contributed by atoms with Crippen LogP contribution < -0.4 is 4.72 Å². The van der Waals surface area contributed by atoms with Gasteiger partial charge in [0.25, 0.3) is 10.0 Å². The largest absolute Gasteiger partial charge is 0.460 e. The third kappa shape index (κ3) is 4.72. The van der Waals surface area contributed by atoms with E-state index in [9.17, 15) is 70.7 Å². The van der Waals surface area contributed by atoms with E-state index < -0.39 is 69.3 Å². The van der Waals surface area contributed by atoms with Crippen LogP contribution in [0.3, 0.4) is 0 Å². The minimum atomic E-state index is -8.19. The zero-order valence-electron chi connectivity index (χ0n) is 14.7. The number of alkyl halides is 13. The Morgan fingerprint density at radius 1 is 0.733 bits per heavy atom. The number of quaternary nitrogens is 1. The number of nitrogens with zero attached hydrogens (tertiary/aromatic N) is 1. The Labute approximate surface area is 160 Å². The second-order valence-electron chi connectivity index (χ2n) is 6.41. The highest BCUT2D eigenvalue weighted by atomic mass is 32.2. The minimum absolute atomic E-state index is 0.434. The summed E-state index contributed by atoms with van der Waals surface area (Å²) < 4.78 is 190. The van der Waals surface area contributed by atoms with Gasteiger partial charge < -0.3 is 0 Å². The van der Waals surface area contributed by atoms with Crippen LogP contribution in [-0.4, -0.2) is 80.6 Å². The fourth-order valence-corrected chi connectivity index (χ4v) is 2.75. The summed E-state index contributed by atoms with van der Waals surface area (Å²) in [5, 5.41) is 1.96. The van der Waals surface area contributed by atoms with Crippen molar-refractivity contribution in [2.24, 2.45) is 0 Å². The molecule has 0 aromatic heterocycles. The molecule has 0 spiro atoms. The smallest absolute Gasteiger partial charge is 0.217 e. The highest BCUT2D eigenvalue weighted by Gasteiger charge is 2.92. The molecule has 0 aliphatic rings. The van der Waals surface area contributed by atoms with Gasteiger partial charge in [-0.25, -0.2) is 18.3 Å². The van der Waals surface area contributed by atoms with Crippen LogP contribution in [0.25, 0.3) is 0 Å².